The SMILES string of the molecule is Cn1cc(-c2nn(CC(=O)Nc3ccnn3-c3ccccc3)c3ccccc23)cn1. The maximum atomic E-state index is 12.8. The first kappa shape index (κ1) is 17.9. The van der Waals surface area contributed by atoms with Crippen molar-refractivity contribution in [2.75, 3.05) is 5.32 Å². The normalized spacial score (nSPS) is 11.1. The zero-order valence-electron chi connectivity index (χ0n) is 16.3. The van der Waals surface area contributed by atoms with E-state index in [2.05, 4.69) is 15.5 Å². The fraction of sp³-hybridized carbons (Fsp3) is 0.0909. The Balaban J connectivity index is 1.43. The van der Waals surface area contributed by atoms with Gasteiger partial charge in [-0.2, -0.15) is 15.3 Å². The van der Waals surface area contributed by atoms with Gasteiger partial charge in [0.1, 0.15) is 18.1 Å². The Morgan fingerprint density at radius 2 is 1.80 bits per heavy atom. The molecule has 8 nitrogen and oxygen atoms in total. The van der Waals surface area contributed by atoms with Crippen molar-refractivity contribution in [3.05, 3.63) is 79.3 Å². The summed E-state index contributed by atoms with van der Waals surface area (Å²) in [6.07, 6.45) is 5.35. The summed E-state index contributed by atoms with van der Waals surface area (Å²) in [6, 6.07) is 19.3. The second kappa shape index (κ2) is 7.32. The highest BCUT2D eigenvalue weighted by Crippen LogP contribution is 2.27. The van der Waals surface area contributed by atoms with E-state index in [1.54, 1.807) is 32.5 Å². The molecule has 3 heterocycles. The van der Waals surface area contributed by atoms with E-state index in [0.717, 1.165) is 27.8 Å². The van der Waals surface area contributed by atoms with Crippen molar-refractivity contribution in [2.24, 2.45) is 7.05 Å². The van der Waals surface area contributed by atoms with Gasteiger partial charge in [-0.25, -0.2) is 4.68 Å². The Bertz CT molecular complexity index is 1330. The second-order valence-electron chi connectivity index (χ2n) is 6.94. The minimum Gasteiger partial charge on any atom is -0.309 e. The Morgan fingerprint density at radius 3 is 2.60 bits per heavy atom. The molecule has 0 bridgehead atoms. The van der Waals surface area contributed by atoms with Gasteiger partial charge in [0.15, 0.2) is 0 Å². The zero-order chi connectivity index (χ0) is 20.5. The minimum atomic E-state index is -0.182. The lowest BCUT2D eigenvalue weighted by atomic mass is 10.1. The van der Waals surface area contributed by atoms with E-state index in [4.69, 9.17) is 5.10 Å². The van der Waals surface area contributed by atoms with Crippen molar-refractivity contribution in [2.45, 2.75) is 6.54 Å². The summed E-state index contributed by atoms with van der Waals surface area (Å²) in [4.78, 5) is 12.8. The van der Waals surface area contributed by atoms with E-state index >= 15 is 0 Å². The molecule has 0 aliphatic heterocycles. The summed E-state index contributed by atoms with van der Waals surface area (Å²) in [5.41, 5.74) is 3.49. The number of nitrogens with zero attached hydrogens (tertiary/aromatic N) is 6. The number of nitrogens with one attached hydrogen (secondary N) is 1. The van der Waals surface area contributed by atoms with Crippen molar-refractivity contribution < 1.29 is 4.79 Å². The molecule has 148 valence electrons. The van der Waals surface area contributed by atoms with E-state index in [1.165, 1.54) is 0 Å². The van der Waals surface area contributed by atoms with Gasteiger partial charge < -0.3 is 5.32 Å². The molecule has 0 spiro atoms. The van der Waals surface area contributed by atoms with Crippen molar-refractivity contribution in [1.82, 2.24) is 29.3 Å². The number of fused-ring (bicyclic) bond motifs is 1. The molecule has 8 heteroatoms. The minimum absolute atomic E-state index is 0.0841. The summed E-state index contributed by atoms with van der Waals surface area (Å²) >= 11 is 0. The number of benzene rings is 2. The molecule has 0 aliphatic carbocycles. The van der Waals surface area contributed by atoms with Gasteiger partial charge in [-0.3, -0.25) is 14.2 Å². The molecule has 1 N–H and O–H groups in total. The molecule has 5 rings (SSSR count). The molecule has 0 saturated heterocycles. The number of aryl methyl sites for hydroxylation is 1. The van der Waals surface area contributed by atoms with Gasteiger partial charge in [0.25, 0.3) is 0 Å². The van der Waals surface area contributed by atoms with E-state index in [-0.39, 0.29) is 12.5 Å². The van der Waals surface area contributed by atoms with Gasteiger partial charge in [0.05, 0.1) is 23.6 Å². The average molecular weight is 397 g/mol. The number of para-hydroxylation sites is 2. The standard InChI is InChI=1S/C22H19N7O/c1-27-14-16(13-24-27)22-18-9-5-6-10-19(18)28(26-22)15-21(30)25-20-11-12-23-29(20)17-7-3-2-4-8-17/h2-14H,15H2,1H3,(H,25,30). The molecule has 0 unspecified atom stereocenters. The fourth-order valence-corrected chi connectivity index (χ4v) is 3.50. The van der Waals surface area contributed by atoms with Crippen molar-refractivity contribution >= 4 is 22.6 Å². The number of carbonyl (C=O) groups excluding carboxylic acids is 1. The van der Waals surface area contributed by atoms with Gasteiger partial charge >= 0.3 is 0 Å². The lowest BCUT2D eigenvalue weighted by Crippen LogP contribution is -2.21. The number of rotatable bonds is 5. The van der Waals surface area contributed by atoms with Gasteiger partial charge in [0.2, 0.25) is 5.91 Å². The average Bonchev–Trinajstić information content (AvgIpc) is 3.48. The van der Waals surface area contributed by atoms with E-state index in [9.17, 15) is 4.79 Å². The van der Waals surface area contributed by atoms with Crippen LogP contribution in [0.4, 0.5) is 5.82 Å². The molecule has 30 heavy (non-hydrogen) atoms. The van der Waals surface area contributed by atoms with Gasteiger partial charge in [0, 0.05) is 30.3 Å². The topological polar surface area (TPSA) is 82.6 Å². The van der Waals surface area contributed by atoms with Gasteiger partial charge in [-0.15, -0.1) is 0 Å². The molecule has 0 atom stereocenters. The van der Waals surface area contributed by atoms with Crippen molar-refractivity contribution in [3.8, 4) is 16.9 Å². The van der Waals surface area contributed by atoms with Crippen LogP contribution in [0.3, 0.4) is 0 Å². The molecule has 3 aromatic heterocycles. The lowest BCUT2D eigenvalue weighted by molar-refractivity contribution is -0.116. The van der Waals surface area contributed by atoms with Gasteiger partial charge in [-0.1, -0.05) is 36.4 Å². The first-order chi connectivity index (χ1) is 14.7. The largest absolute Gasteiger partial charge is 0.309 e. The van der Waals surface area contributed by atoms with Crippen LogP contribution in [0.15, 0.2) is 79.3 Å². The van der Waals surface area contributed by atoms with Crippen LogP contribution in [-0.2, 0) is 18.4 Å². The summed E-state index contributed by atoms with van der Waals surface area (Å²) in [6.45, 7) is 0.0841. The summed E-state index contributed by atoms with van der Waals surface area (Å²) < 4.78 is 5.15. The van der Waals surface area contributed by atoms with Crippen LogP contribution in [0.25, 0.3) is 27.8 Å². The summed E-state index contributed by atoms with van der Waals surface area (Å²) in [7, 11) is 1.87. The number of anilines is 1. The molecule has 0 aliphatic rings. The highest BCUT2D eigenvalue weighted by molar-refractivity contribution is 5.95. The molecular weight excluding hydrogens is 378 g/mol. The first-order valence-electron chi connectivity index (χ1n) is 9.53. The number of hydrogen-bond acceptors (Lipinski definition) is 4. The monoisotopic (exact) mass is 397 g/mol. The third-order valence-corrected chi connectivity index (χ3v) is 4.84. The van der Waals surface area contributed by atoms with Crippen LogP contribution >= 0.6 is 0 Å². The smallest absolute Gasteiger partial charge is 0.247 e. The van der Waals surface area contributed by atoms with Crippen LogP contribution in [0.1, 0.15) is 0 Å². The van der Waals surface area contributed by atoms with Crippen LogP contribution in [0, 0.1) is 0 Å². The number of amides is 1. The molecule has 1 amide bonds. The first-order valence-corrected chi connectivity index (χ1v) is 9.53. The third kappa shape index (κ3) is 3.24. The Labute approximate surface area is 172 Å². The Morgan fingerprint density at radius 1 is 1.00 bits per heavy atom. The van der Waals surface area contributed by atoms with E-state index < -0.39 is 0 Å². The molecule has 0 saturated carbocycles. The zero-order valence-corrected chi connectivity index (χ0v) is 16.3. The van der Waals surface area contributed by atoms with E-state index in [1.807, 2.05) is 67.8 Å². The fourth-order valence-electron chi connectivity index (χ4n) is 3.50. The summed E-state index contributed by atoms with van der Waals surface area (Å²) in [5, 5.41) is 17.2. The molecule has 2 aromatic carbocycles. The van der Waals surface area contributed by atoms with Crippen LogP contribution in [0.2, 0.25) is 0 Å². The maximum absolute atomic E-state index is 12.8. The second-order valence-corrected chi connectivity index (χ2v) is 6.94. The number of carbonyl (C=O) groups is 1. The van der Waals surface area contributed by atoms with Crippen molar-refractivity contribution in [3.63, 3.8) is 0 Å². The van der Waals surface area contributed by atoms with Crippen LogP contribution in [-0.4, -0.2) is 35.2 Å². The quantitative estimate of drug-likeness (QED) is 0.493. The predicted molar refractivity (Wildman–Crippen MR) is 114 cm³/mol. The predicted octanol–water partition coefficient (Wildman–Crippen LogP) is 3.26. The van der Waals surface area contributed by atoms with Crippen LogP contribution in [0.5, 0.6) is 0 Å². The Hall–Kier alpha value is -4.20. The Kier molecular flexibility index (Phi) is 4.36. The lowest BCUT2D eigenvalue weighted by Gasteiger charge is -2.09. The molecule has 0 fully saturated rings. The highest BCUT2D eigenvalue weighted by atomic mass is 16.2. The van der Waals surface area contributed by atoms with Crippen LogP contribution < -0.4 is 5.32 Å². The van der Waals surface area contributed by atoms with Gasteiger partial charge in [-0.05, 0) is 18.2 Å². The number of aromatic nitrogens is 6. The third-order valence-electron chi connectivity index (χ3n) is 4.84. The molecule has 0 radical (unpaired) electrons. The highest BCUT2D eigenvalue weighted by Gasteiger charge is 2.16. The number of hydrogen-bond donors (Lipinski definition) is 1. The van der Waals surface area contributed by atoms with E-state index in [0.29, 0.717) is 5.82 Å². The maximum Gasteiger partial charge on any atom is 0.247 e. The summed E-state index contributed by atoms with van der Waals surface area (Å²) in [5.74, 6) is 0.425. The van der Waals surface area contributed by atoms with Crippen molar-refractivity contribution in [1.29, 1.82) is 0 Å². The molecule has 5 aromatic rings. The molecular formula is C22H19N7O.